The van der Waals surface area contributed by atoms with Crippen LogP contribution in [0.25, 0.3) is 0 Å². The Balaban J connectivity index is 1.91. The van der Waals surface area contributed by atoms with Gasteiger partial charge >= 0.3 is 0 Å². The van der Waals surface area contributed by atoms with Gasteiger partial charge in [0.2, 0.25) is 5.91 Å². The number of nitrogens with one attached hydrogen (secondary N) is 1. The number of hydrogen-bond acceptors (Lipinski definition) is 3. The van der Waals surface area contributed by atoms with E-state index >= 15 is 0 Å². The second-order valence-electron chi connectivity index (χ2n) is 5.60. The van der Waals surface area contributed by atoms with Crippen LogP contribution in [0.1, 0.15) is 24.8 Å². The summed E-state index contributed by atoms with van der Waals surface area (Å²) in [6.07, 6.45) is 7.50. The highest BCUT2D eigenvalue weighted by Crippen LogP contribution is 2.40. The maximum Gasteiger partial charge on any atom is 0.230 e. The molecule has 2 aliphatic heterocycles. The minimum atomic E-state index is -0.208. The summed E-state index contributed by atoms with van der Waals surface area (Å²) in [6, 6.07) is 1.89. The average molecular weight is 245 g/mol. The van der Waals surface area contributed by atoms with Crippen LogP contribution in [-0.4, -0.2) is 35.9 Å². The van der Waals surface area contributed by atoms with Crippen LogP contribution < -0.4 is 5.32 Å². The fraction of sp³-hybridized carbons (Fsp3) is 0.571. The molecule has 18 heavy (non-hydrogen) atoms. The van der Waals surface area contributed by atoms with Crippen molar-refractivity contribution in [2.24, 2.45) is 5.41 Å². The summed E-state index contributed by atoms with van der Waals surface area (Å²) in [5.41, 5.74) is 1.92. The maximum atomic E-state index is 12.4. The third-order valence-corrected chi connectivity index (χ3v) is 4.33. The van der Waals surface area contributed by atoms with Gasteiger partial charge in [-0.05, 0) is 57.5 Å². The molecule has 1 fully saturated rings. The van der Waals surface area contributed by atoms with Crippen LogP contribution in [0, 0.1) is 5.41 Å². The molecule has 1 spiro atoms. The zero-order chi connectivity index (χ0) is 12.6. The molecule has 2 aliphatic rings. The van der Waals surface area contributed by atoms with Crippen molar-refractivity contribution in [1.29, 1.82) is 0 Å². The van der Waals surface area contributed by atoms with Crippen LogP contribution in [0.3, 0.4) is 0 Å². The number of anilines is 1. The standard InChI is InChI=1S/C14H19N3O/c1-17-7-2-4-14(5-8-17)9-11-10-15-6-3-12(11)16-13(14)18/h3,6,10H,2,4-5,7-9H2,1H3,(H,16,18). The van der Waals surface area contributed by atoms with E-state index in [2.05, 4.69) is 22.2 Å². The van der Waals surface area contributed by atoms with Crippen LogP contribution in [0.4, 0.5) is 5.69 Å². The number of fused-ring (bicyclic) bond motifs is 1. The number of rotatable bonds is 0. The summed E-state index contributed by atoms with van der Waals surface area (Å²) in [4.78, 5) is 18.9. The third-order valence-electron chi connectivity index (χ3n) is 4.33. The number of hydrogen-bond donors (Lipinski definition) is 1. The topological polar surface area (TPSA) is 45.2 Å². The van der Waals surface area contributed by atoms with Gasteiger partial charge in [0.1, 0.15) is 0 Å². The highest BCUT2D eigenvalue weighted by Gasteiger charge is 2.42. The highest BCUT2D eigenvalue weighted by atomic mass is 16.2. The lowest BCUT2D eigenvalue weighted by Gasteiger charge is -2.36. The molecule has 4 nitrogen and oxygen atoms in total. The molecule has 0 aromatic carbocycles. The summed E-state index contributed by atoms with van der Waals surface area (Å²) >= 11 is 0. The summed E-state index contributed by atoms with van der Waals surface area (Å²) in [7, 11) is 2.13. The van der Waals surface area contributed by atoms with Gasteiger partial charge in [0.05, 0.1) is 5.41 Å². The normalized spacial score (nSPS) is 28.6. The van der Waals surface area contributed by atoms with Crippen molar-refractivity contribution >= 4 is 11.6 Å². The first kappa shape index (κ1) is 11.7. The molecule has 1 aromatic rings. The molecule has 3 heterocycles. The minimum absolute atomic E-state index is 0.205. The largest absolute Gasteiger partial charge is 0.325 e. The van der Waals surface area contributed by atoms with Crippen LogP contribution in [0.5, 0.6) is 0 Å². The van der Waals surface area contributed by atoms with Crippen molar-refractivity contribution in [3.8, 4) is 0 Å². The molecule has 1 aromatic heterocycles. The average Bonchev–Trinajstić information content (AvgIpc) is 2.55. The smallest absolute Gasteiger partial charge is 0.230 e. The summed E-state index contributed by atoms with van der Waals surface area (Å²) < 4.78 is 0. The minimum Gasteiger partial charge on any atom is -0.325 e. The van der Waals surface area contributed by atoms with Gasteiger partial charge in [0.15, 0.2) is 0 Å². The Bertz CT molecular complexity index is 474. The lowest BCUT2D eigenvalue weighted by Crippen LogP contribution is -2.42. The number of pyridine rings is 1. The van der Waals surface area contributed by atoms with Crippen molar-refractivity contribution in [2.45, 2.75) is 25.7 Å². The van der Waals surface area contributed by atoms with E-state index in [4.69, 9.17) is 0 Å². The van der Waals surface area contributed by atoms with E-state index in [-0.39, 0.29) is 11.3 Å². The Labute approximate surface area is 107 Å². The Morgan fingerprint density at radius 2 is 2.28 bits per heavy atom. The lowest BCUT2D eigenvalue weighted by molar-refractivity contribution is -0.126. The molecular weight excluding hydrogens is 226 g/mol. The molecule has 3 rings (SSSR count). The second-order valence-corrected chi connectivity index (χ2v) is 5.60. The fourth-order valence-corrected chi connectivity index (χ4v) is 3.12. The number of carbonyl (C=O) groups excluding carboxylic acids is 1. The zero-order valence-corrected chi connectivity index (χ0v) is 10.8. The van der Waals surface area contributed by atoms with E-state index in [1.165, 1.54) is 5.56 Å². The van der Waals surface area contributed by atoms with Gasteiger partial charge in [-0.3, -0.25) is 9.78 Å². The van der Waals surface area contributed by atoms with Crippen LogP contribution in [0.15, 0.2) is 18.5 Å². The monoisotopic (exact) mass is 245 g/mol. The Morgan fingerprint density at radius 1 is 1.39 bits per heavy atom. The molecule has 0 aliphatic carbocycles. The number of amides is 1. The van der Waals surface area contributed by atoms with Crippen LogP contribution in [-0.2, 0) is 11.2 Å². The predicted octanol–water partition coefficient (Wildman–Crippen LogP) is 1.68. The van der Waals surface area contributed by atoms with Gasteiger partial charge in [-0.25, -0.2) is 0 Å². The van der Waals surface area contributed by atoms with Gasteiger partial charge in [0, 0.05) is 18.1 Å². The Kier molecular flexibility index (Phi) is 2.82. The molecule has 1 saturated heterocycles. The summed E-state index contributed by atoms with van der Waals surface area (Å²) in [5, 5.41) is 3.07. The van der Waals surface area contributed by atoms with E-state index in [0.29, 0.717) is 0 Å². The molecule has 96 valence electrons. The highest BCUT2D eigenvalue weighted by molar-refractivity contribution is 5.98. The Hall–Kier alpha value is -1.42. The summed E-state index contributed by atoms with van der Waals surface area (Å²) in [5.74, 6) is 0.205. The first-order chi connectivity index (χ1) is 8.70. The number of nitrogens with zero attached hydrogens (tertiary/aromatic N) is 2. The van der Waals surface area contributed by atoms with Gasteiger partial charge in [-0.15, -0.1) is 0 Å². The fourth-order valence-electron chi connectivity index (χ4n) is 3.12. The number of carbonyl (C=O) groups is 1. The van der Waals surface area contributed by atoms with Crippen LogP contribution in [0.2, 0.25) is 0 Å². The molecular formula is C14H19N3O. The quantitative estimate of drug-likeness (QED) is 0.756. The van der Waals surface area contributed by atoms with Gasteiger partial charge in [0.25, 0.3) is 0 Å². The molecule has 0 saturated carbocycles. The zero-order valence-electron chi connectivity index (χ0n) is 10.8. The lowest BCUT2D eigenvalue weighted by atomic mass is 9.73. The molecule has 1 unspecified atom stereocenters. The maximum absolute atomic E-state index is 12.4. The van der Waals surface area contributed by atoms with Crippen LogP contribution >= 0.6 is 0 Å². The van der Waals surface area contributed by atoms with Gasteiger partial charge in [-0.2, -0.15) is 0 Å². The number of aromatic nitrogens is 1. The summed E-state index contributed by atoms with van der Waals surface area (Å²) in [6.45, 7) is 2.10. The van der Waals surface area contributed by atoms with Crippen molar-refractivity contribution in [1.82, 2.24) is 9.88 Å². The second kappa shape index (κ2) is 4.35. The predicted molar refractivity (Wildman–Crippen MR) is 70.4 cm³/mol. The molecule has 0 bridgehead atoms. The first-order valence-corrected chi connectivity index (χ1v) is 6.63. The molecule has 1 N–H and O–H groups in total. The van der Waals surface area contributed by atoms with E-state index < -0.39 is 0 Å². The molecule has 0 radical (unpaired) electrons. The van der Waals surface area contributed by atoms with Crippen molar-refractivity contribution in [2.75, 3.05) is 25.5 Å². The van der Waals surface area contributed by atoms with E-state index in [1.807, 2.05) is 12.3 Å². The van der Waals surface area contributed by atoms with Crippen molar-refractivity contribution in [3.63, 3.8) is 0 Å². The SMILES string of the molecule is CN1CCCC2(CC1)Cc1cnccc1NC2=O. The van der Waals surface area contributed by atoms with E-state index in [1.54, 1.807) is 6.20 Å². The molecule has 1 atom stereocenters. The van der Waals surface area contributed by atoms with Crippen molar-refractivity contribution < 1.29 is 4.79 Å². The van der Waals surface area contributed by atoms with E-state index in [9.17, 15) is 4.79 Å². The molecule has 4 heteroatoms. The first-order valence-electron chi connectivity index (χ1n) is 6.63. The number of likely N-dealkylation sites (tertiary alicyclic amines) is 1. The van der Waals surface area contributed by atoms with Gasteiger partial charge in [-0.1, -0.05) is 0 Å². The van der Waals surface area contributed by atoms with E-state index in [0.717, 1.165) is 44.5 Å². The van der Waals surface area contributed by atoms with Crippen molar-refractivity contribution in [3.05, 3.63) is 24.0 Å². The third kappa shape index (κ3) is 1.90. The Morgan fingerprint density at radius 3 is 3.17 bits per heavy atom. The van der Waals surface area contributed by atoms with Gasteiger partial charge < -0.3 is 10.2 Å². The molecule has 1 amide bonds.